The fourth-order valence-corrected chi connectivity index (χ4v) is 4.54. The summed E-state index contributed by atoms with van der Waals surface area (Å²) in [6.07, 6.45) is 6.02. The minimum absolute atomic E-state index is 0.164. The third-order valence-corrected chi connectivity index (χ3v) is 6.10. The van der Waals surface area contributed by atoms with Gasteiger partial charge in [-0.15, -0.1) is 0 Å². The van der Waals surface area contributed by atoms with E-state index in [-0.39, 0.29) is 5.92 Å². The summed E-state index contributed by atoms with van der Waals surface area (Å²) in [4.78, 5) is 17.4. The predicted molar refractivity (Wildman–Crippen MR) is 96.7 cm³/mol. The zero-order valence-electron chi connectivity index (χ0n) is 14.7. The number of rotatable bonds is 3. The van der Waals surface area contributed by atoms with Crippen LogP contribution in [-0.4, -0.2) is 38.8 Å². The number of nitrogens with zero attached hydrogens (tertiary/aromatic N) is 2. The molecule has 0 spiro atoms. The van der Waals surface area contributed by atoms with Crippen molar-refractivity contribution in [3.63, 3.8) is 0 Å². The van der Waals surface area contributed by atoms with E-state index in [0.717, 1.165) is 45.0 Å². The Bertz CT molecular complexity index is 604. The number of morpholine rings is 1. The number of anilines is 2. The maximum atomic E-state index is 13.0. The number of carbonyl (C=O) groups excluding carboxylic acids is 1. The quantitative estimate of drug-likeness (QED) is 0.854. The van der Waals surface area contributed by atoms with Crippen molar-refractivity contribution in [2.45, 2.75) is 39.0 Å². The minimum Gasteiger partial charge on any atom is -0.378 e. The lowest BCUT2D eigenvalue weighted by atomic mass is 9.91. The van der Waals surface area contributed by atoms with Crippen molar-refractivity contribution in [2.24, 2.45) is 11.8 Å². The number of ether oxygens (including phenoxy) is 1. The molecule has 24 heavy (non-hydrogen) atoms. The van der Waals surface area contributed by atoms with Crippen molar-refractivity contribution in [1.82, 2.24) is 0 Å². The average molecular weight is 328 g/mol. The van der Waals surface area contributed by atoms with Crippen LogP contribution in [-0.2, 0) is 16.0 Å². The van der Waals surface area contributed by atoms with Crippen molar-refractivity contribution in [3.05, 3.63) is 23.8 Å². The van der Waals surface area contributed by atoms with Gasteiger partial charge in [0.05, 0.1) is 13.2 Å². The average Bonchev–Trinajstić information content (AvgIpc) is 3.30. The summed E-state index contributed by atoms with van der Waals surface area (Å²) in [6.45, 7) is 6.51. The van der Waals surface area contributed by atoms with E-state index in [9.17, 15) is 4.79 Å². The normalized spacial score (nSPS) is 22.7. The molecule has 1 atom stereocenters. The molecular formula is C20H28N2O2. The highest BCUT2D eigenvalue weighted by molar-refractivity contribution is 5.97. The van der Waals surface area contributed by atoms with Gasteiger partial charge in [-0.1, -0.05) is 19.8 Å². The molecule has 1 aliphatic carbocycles. The first-order chi connectivity index (χ1) is 11.7. The molecule has 0 radical (unpaired) electrons. The van der Waals surface area contributed by atoms with Crippen LogP contribution < -0.4 is 9.80 Å². The van der Waals surface area contributed by atoms with Crippen LogP contribution in [0.5, 0.6) is 0 Å². The number of hydrogen-bond acceptors (Lipinski definition) is 3. The third kappa shape index (κ3) is 2.92. The molecule has 4 rings (SSSR count). The van der Waals surface area contributed by atoms with Crippen LogP contribution in [0.2, 0.25) is 0 Å². The van der Waals surface area contributed by atoms with Gasteiger partial charge in [0.2, 0.25) is 5.91 Å². The molecule has 1 aromatic rings. The third-order valence-electron chi connectivity index (χ3n) is 6.10. The Hall–Kier alpha value is -1.55. The fourth-order valence-electron chi connectivity index (χ4n) is 4.54. The first kappa shape index (κ1) is 15.9. The Kier molecular flexibility index (Phi) is 4.49. The molecule has 2 fully saturated rings. The van der Waals surface area contributed by atoms with Crippen LogP contribution in [0.3, 0.4) is 0 Å². The second-order valence-electron chi connectivity index (χ2n) is 7.49. The summed E-state index contributed by atoms with van der Waals surface area (Å²) >= 11 is 0. The molecule has 2 heterocycles. The zero-order chi connectivity index (χ0) is 16.5. The van der Waals surface area contributed by atoms with E-state index in [1.165, 1.54) is 36.9 Å². The molecule has 1 amide bonds. The van der Waals surface area contributed by atoms with Crippen LogP contribution in [0, 0.1) is 11.8 Å². The molecule has 1 saturated carbocycles. The van der Waals surface area contributed by atoms with E-state index in [0.29, 0.717) is 11.8 Å². The van der Waals surface area contributed by atoms with Crippen molar-refractivity contribution in [3.8, 4) is 0 Å². The number of amides is 1. The van der Waals surface area contributed by atoms with Crippen molar-refractivity contribution in [1.29, 1.82) is 0 Å². The number of hydrogen-bond donors (Lipinski definition) is 0. The monoisotopic (exact) mass is 328 g/mol. The predicted octanol–water partition coefficient (Wildman–Crippen LogP) is 3.24. The standard InChI is InChI=1S/C20H28N2O2/c1-15(16-4-2-3-5-16)20(23)22-9-8-17-14-18(6-7-19(17)22)21-10-12-24-13-11-21/h6-7,14-16H,2-5,8-13H2,1H3. The largest absolute Gasteiger partial charge is 0.378 e. The van der Waals surface area contributed by atoms with E-state index in [1.807, 2.05) is 4.90 Å². The van der Waals surface area contributed by atoms with Crippen molar-refractivity contribution >= 4 is 17.3 Å². The summed E-state index contributed by atoms with van der Waals surface area (Å²) < 4.78 is 5.44. The lowest BCUT2D eigenvalue weighted by molar-refractivity contribution is -0.123. The number of fused-ring (bicyclic) bond motifs is 1. The van der Waals surface area contributed by atoms with Gasteiger partial charge in [0.25, 0.3) is 0 Å². The number of carbonyl (C=O) groups is 1. The van der Waals surface area contributed by atoms with E-state index in [2.05, 4.69) is 30.0 Å². The van der Waals surface area contributed by atoms with E-state index < -0.39 is 0 Å². The topological polar surface area (TPSA) is 32.8 Å². The van der Waals surface area contributed by atoms with Crippen LogP contribution >= 0.6 is 0 Å². The van der Waals surface area contributed by atoms with Gasteiger partial charge < -0.3 is 14.5 Å². The Labute approximate surface area is 144 Å². The van der Waals surface area contributed by atoms with Crippen LogP contribution in [0.15, 0.2) is 18.2 Å². The molecule has 4 nitrogen and oxygen atoms in total. The van der Waals surface area contributed by atoms with Gasteiger partial charge >= 0.3 is 0 Å². The SMILES string of the molecule is CC(C(=O)N1CCc2cc(N3CCOCC3)ccc21)C1CCCC1. The first-order valence-corrected chi connectivity index (χ1v) is 9.51. The Balaban J connectivity index is 1.50. The van der Waals surface area contributed by atoms with Gasteiger partial charge in [0, 0.05) is 36.9 Å². The molecule has 1 saturated heterocycles. The molecular weight excluding hydrogens is 300 g/mol. The summed E-state index contributed by atoms with van der Waals surface area (Å²) in [5.74, 6) is 1.09. The van der Waals surface area contributed by atoms with Crippen LogP contribution in [0.1, 0.15) is 38.2 Å². The van der Waals surface area contributed by atoms with Gasteiger partial charge in [-0.25, -0.2) is 0 Å². The van der Waals surface area contributed by atoms with E-state index in [4.69, 9.17) is 4.74 Å². The highest BCUT2D eigenvalue weighted by Crippen LogP contribution is 2.36. The first-order valence-electron chi connectivity index (χ1n) is 9.51. The van der Waals surface area contributed by atoms with Crippen molar-refractivity contribution < 1.29 is 9.53 Å². The van der Waals surface area contributed by atoms with Crippen LogP contribution in [0.4, 0.5) is 11.4 Å². The Morgan fingerprint density at radius 2 is 1.92 bits per heavy atom. The molecule has 1 unspecified atom stereocenters. The summed E-state index contributed by atoms with van der Waals surface area (Å²) in [5, 5.41) is 0. The van der Waals surface area contributed by atoms with Gasteiger partial charge in [-0.05, 0) is 48.9 Å². The molecule has 0 bridgehead atoms. The highest BCUT2D eigenvalue weighted by Gasteiger charge is 2.33. The highest BCUT2D eigenvalue weighted by atomic mass is 16.5. The molecule has 1 aromatic carbocycles. The lowest BCUT2D eigenvalue weighted by Crippen LogP contribution is -2.37. The smallest absolute Gasteiger partial charge is 0.230 e. The molecule has 0 aromatic heterocycles. The second-order valence-corrected chi connectivity index (χ2v) is 7.49. The van der Waals surface area contributed by atoms with Gasteiger partial charge in [-0.3, -0.25) is 4.79 Å². The maximum absolute atomic E-state index is 13.0. The number of benzene rings is 1. The van der Waals surface area contributed by atoms with E-state index in [1.54, 1.807) is 0 Å². The molecule has 2 aliphatic heterocycles. The van der Waals surface area contributed by atoms with Crippen LogP contribution in [0.25, 0.3) is 0 Å². The Morgan fingerprint density at radius 1 is 1.17 bits per heavy atom. The second kappa shape index (κ2) is 6.75. The van der Waals surface area contributed by atoms with Gasteiger partial charge in [-0.2, -0.15) is 0 Å². The summed E-state index contributed by atoms with van der Waals surface area (Å²) in [6, 6.07) is 6.62. The van der Waals surface area contributed by atoms with Crippen molar-refractivity contribution in [2.75, 3.05) is 42.6 Å². The van der Waals surface area contributed by atoms with Gasteiger partial charge in [0.1, 0.15) is 0 Å². The van der Waals surface area contributed by atoms with Gasteiger partial charge in [0.15, 0.2) is 0 Å². The van der Waals surface area contributed by atoms with E-state index >= 15 is 0 Å². The fraction of sp³-hybridized carbons (Fsp3) is 0.650. The molecule has 4 heteroatoms. The Morgan fingerprint density at radius 3 is 2.67 bits per heavy atom. The summed E-state index contributed by atoms with van der Waals surface area (Å²) in [7, 11) is 0. The lowest BCUT2D eigenvalue weighted by Gasteiger charge is -2.29. The zero-order valence-corrected chi connectivity index (χ0v) is 14.7. The summed E-state index contributed by atoms with van der Waals surface area (Å²) in [5.41, 5.74) is 3.74. The maximum Gasteiger partial charge on any atom is 0.230 e. The molecule has 3 aliphatic rings. The molecule has 130 valence electrons. The minimum atomic E-state index is 0.164. The molecule has 0 N–H and O–H groups in total.